The smallest absolute Gasteiger partial charge is 0.408 e. The standard InChI is InChI=1S/C33H55N3O6/c1-11-23(6)28(35-32(40)42-33(8,9)10)31(39)36(24(7)15-14-22(4)5)29(26-18-16-25(12-2)17-19-26)30(38)34-21-20-27(37)41-13-3/h16-19,22-24,28-29H,11-15,20-21H2,1-10H3,(H,34,38)(H,35,40). The molecule has 0 aliphatic rings. The van der Waals surface area contributed by atoms with Gasteiger partial charge in [0.15, 0.2) is 0 Å². The number of hydrogen-bond acceptors (Lipinski definition) is 6. The van der Waals surface area contributed by atoms with E-state index in [1.165, 1.54) is 0 Å². The highest BCUT2D eigenvalue weighted by Crippen LogP contribution is 2.29. The summed E-state index contributed by atoms with van der Waals surface area (Å²) in [4.78, 5) is 54.9. The minimum atomic E-state index is -0.972. The van der Waals surface area contributed by atoms with E-state index in [0.717, 1.165) is 18.4 Å². The molecule has 4 atom stereocenters. The van der Waals surface area contributed by atoms with Crippen molar-refractivity contribution in [2.45, 2.75) is 125 Å². The fraction of sp³-hybridized carbons (Fsp3) is 0.697. The van der Waals surface area contributed by atoms with Crippen LogP contribution < -0.4 is 10.6 Å². The Morgan fingerprint density at radius 2 is 1.55 bits per heavy atom. The van der Waals surface area contributed by atoms with E-state index in [4.69, 9.17) is 9.47 Å². The summed E-state index contributed by atoms with van der Waals surface area (Å²) in [5.74, 6) is -0.974. The second-order valence-electron chi connectivity index (χ2n) is 12.4. The SMILES string of the molecule is CCOC(=O)CCNC(=O)C(c1ccc(CC)cc1)N(C(=O)C(NC(=O)OC(C)(C)C)C(C)CC)C(C)CCC(C)C. The maximum absolute atomic E-state index is 14.5. The van der Waals surface area contributed by atoms with Crippen LogP contribution in [0, 0.1) is 11.8 Å². The minimum Gasteiger partial charge on any atom is -0.466 e. The van der Waals surface area contributed by atoms with Gasteiger partial charge in [-0.1, -0.05) is 65.3 Å². The Bertz CT molecular complexity index is 1000. The van der Waals surface area contributed by atoms with Crippen molar-refractivity contribution in [3.8, 4) is 0 Å². The van der Waals surface area contributed by atoms with E-state index in [1.807, 2.05) is 45.0 Å². The second-order valence-corrected chi connectivity index (χ2v) is 12.4. The zero-order valence-electron chi connectivity index (χ0n) is 27.5. The Morgan fingerprint density at radius 1 is 0.929 bits per heavy atom. The maximum Gasteiger partial charge on any atom is 0.408 e. The van der Waals surface area contributed by atoms with Gasteiger partial charge in [-0.3, -0.25) is 14.4 Å². The van der Waals surface area contributed by atoms with Crippen molar-refractivity contribution >= 4 is 23.9 Å². The molecule has 1 aromatic carbocycles. The summed E-state index contributed by atoms with van der Waals surface area (Å²) in [6.07, 6.45) is 2.32. The average molecular weight is 590 g/mol. The molecule has 1 aromatic rings. The number of hydrogen-bond donors (Lipinski definition) is 2. The van der Waals surface area contributed by atoms with E-state index < -0.39 is 35.7 Å². The number of aryl methyl sites for hydroxylation is 1. The molecule has 42 heavy (non-hydrogen) atoms. The lowest BCUT2D eigenvalue weighted by Gasteiger charge is -2.40. The number of amides is 3. The summed E-state index contributed by atoms with van der Waals surface area (Å²) < 4.78 is 10.5. The van der Waals surface area contributed by atoms with E-state index in [2.05, 4.69) is 31.4 Å². The molecule has 1 rings (SSSR count). The van der Waals surface area contributed by atoms with Crippen molar-refractivity contribution in [1.82, 2.24) is 15.5 Å². The summed E-state index contributed by atoms with van der Waals surface area (Å²) >= 11 is 0. The summed E-state index contributed by atoms with van der Waals surface area (Å²) in [6.45, 7) is 19.5. The molecular formula is C33H55N3O6. The quantitative estimate of drug-likeness (QED) is 0.230. The summed E-state index contributed by atoms with van der Waals surface area (Å²) in [7, 11) is 0. The second kappa shape index (κ2) is 17.8. The van der Waals surface area contributed by atoms with Gasteiger partial charge in [0.2, 0.25) is 11.8 Å². The normalized spacial score (nSPS) is 14.4. The highest BCUT2D eigenvalue weighted by Gasteiger charge is 2.40. The zero-order chi connectivity index (χ0) is 32.0. The molecule has 9 heteroatoms. The summed E-state index contributed by atoms with van der Waals surface area (Å²) in [5, 5.41) is 5.68. The molecule has 0 radical (unpaired) electrons. The molecule has 238 valence electrons. The fourth-order valence-electron chi connectivity index (χ4n) is 4.58. The largest absolute Gasteiger partial charge is 0.466 e. The van der Waals surface area contributed by atoms with Crippen LogP contribution in [0.5, 0.6) is 0 Å². The third kappa shape index (κ3) is 12.4. The van der Waals surface area contributed by atoms with E-state index in [9.17, 15) is 19.2 Å². The van der Waals surface area contributed by atoms with Gasteiger partial charge in [0.1, 0.15) is 17.7 Å². The monoisotopic (exact) mass is 589 g/mol. The predicted molar refractivity (Wildman–Crippen MR) is 166 cm³/mol. The first-order valence-electron chi connectivity index (χ1n) is 15.5. The van der Waals surface area contributed by atoms with Crippen LogP contribution in [0.1, 0.15) is 112 Å². The van der Waals surface area contributed by atoms with Crippen LogP contribution in [0.2, 0.25) is 0 Å². The van der Waals surface area contributed by atoms with Gasteiger partial charge in [0, 0.05) is 12.6 Å². The Morgan fingerprint density at radius 3 is 2.05 bits per heavy atom. The molecule has 0 saturated carbocycles. The van der Waals surface area contributed by atoms with Crippen LogP contribution in [0.4, 0.5) is 4.79 Å². The molecule has 0 heterocycles. The molecule has 0 saturated heterocycles. The number of nitrogens with zero attached hydrogens (tertiary/aromatic N) is 1. The van der Waals surface area contributed by atoms with E-state index in [0.29, 0.717) is 24.3 Å². The zero-order valence-corrected chi connectivity index (χ0v) is 27.5. The third-order valence-corrected chi connectivity index (χ3v) is 7.21. The number of carbonyl (C=O) groups excluding carboxylic acids is 4. The topological polar surface area (TPSA) is 114 Å². The first kappa shape index (κ1) is 36.9. The van der Waals surface area contributed by atoms with Crippen molar-refractivity contribution in [3.63, 3.8) is 0 Å². The van der Waals surface area contributed by atoms with Gasteiger partial charge >= 0.3 is 12.1 Å². The molecule has 3 amide bonds. The predicted octanol–water partition coefficient (Wildman–Crippen LogP) is 5.95. The highest BCUT2D eigenvalue weighted by atomic mass is 16.6. The lowest BCUT2D eigenvalue weighted by Crippen LogP contribution is -2.57. The molecule has 0 aliphatic heterocycles. The van der Waals surface area contributed by atoms with Crippen molar-refractivity contribution in [1.29, 1.82) is 0 Å². The average Bonchev–Trinajstić information content (AvgIpc) is 2.91. The molecule has 0 spiro atoms. The lowest BCUT2D eigenvalue weighted by atomic mass is 9.93. The van der Waals surface area contributed by atoms with Crippen LogP contribution in [-0.4, -0.2) is 59.6 Å². The van der Waals surface area contributed by atoms with Gasteiger partial charge in [-0.25, -0.2) is 4.79 Å². The number of nitrogens with one attached hydrogen (secondary N) is 2. The minimum absolute atomic E-state index is 0.0214. The fourth-order valence-corrected chi connectivity index (χ4v) is 4.58. The van der Waals surface area contributed by atoms with E-state index >= 15 is 0 Å². The Balaban J connectivity index is 3.61. The maximum atomic E-state index is 14.5. The van der Waals surface area contributed by atoms with Gasteiger partial charge in [-0.2, -0.15) is 0 Å². The van der Waals surface area contributed by atoms with Crippen molar-refractivity contribution in [2.24, 2.45) is 11.8 Å². The number of esters is 1. The molecule has 0 aliphatic carbocycles. The molecule has 0 aromatic heterocycles. The first-order valence-corrected chi connectivity index (χ1v) is 15.5. The number of alkyl carbamates (subject to hydrolysis) is 1. The lowest BCUT2D eigenvalue weighted by molar-refractivity contribution is -0.147. The number of rotatable bonds is 16. The van der Waals surface area contributed by atoms with E-state index in [1.54, 1.807) is 32.6 Å². The van der Waals surface area contributed by atoms with Crippen LogP contribution in [0.25, 0.3) is 0 Å². The molecule has 4 unspecified atom stereocenters. The molecule has 0 fully saturated rings. The molecule has 0 bridgehead atoms. The van der Waals surface area contributed by atoms with E-state index in [-0.39, 0.29) is 37.4 Å². The van der Waals surface area contributed by atoms with Crippen LogP contribution in [-0.2, 0) is 30.3 Å². The Hall–Kier alpha value is -3.10. The molecule has 9 nitrogen and oxygen atoms in total. The third-order valence-electron chi connectivity index (χ3n) is 7.21. The molecule has 2 N–H and O–H groups in total. The number of benzene rings is 1. The van der Waals surface area contributed by atoms with Gasteiger partial charge in [-0.15, -0.1) is 0 Å². The van der Waals surface area contributed by atoms with Crippen molar-refractivity contribution < 1.29 is 28.7 Å². The van der Waals surface area contributed by atoms with Gasteiger partial charge in [0.05, 0.1) is 13.0 Å². The van der Waals surface area contributed by atoms with Gasteiger partial charge in [0.25, 0.3) is 0 Å². The van der Waals surface area contributed by atoms with Crippen molar-refractivity contribution in [3.05, 3.63) is 35.4 Å². The Kier molecular flexibility index (Phi) is 15.6. The number of carbonyl (C=O) groups is 4. The van der Waals surface area contributed by atoms with Gasteiger partial charge < -0.3 is 25.0 Å². The summed E-state index contributed by atoms with van der Waals surface area (Å²) in [5.41, 5.74) is 1.03. The Labute approximate surface area is 253 Å². The highest BCUT2D eigenvalue weighted by molar-refractivity contribution is 5.92. The van der Waals surface area contributed by atoms with Crippen LogP contribution in [0.3, 0.4) is 0 Å². The summed E-state index contributed by atoms with van der Waals surface area (Å²) in [6, 6.07) is 5.48. The first-order chi connectivity index (χ1) is 19.6. The number of ether oxygens (including phenoxy) is 2. The molecular weight excluding hydrogens is 534 g/mol. The van der Waals surface area contributed by atoms with Crippen LogP contribution in [0.15, 0.2) is 24.3 Å². The van der Waals surface area contributed by atoms with Crippen molar-refractivity contribution in [2.75, 3.05) is 13.2 Å². The van der Waals surface area contributed by atoms with Crippen LogP contribution >= 0.6 is 0 Å². The van der Waals surface area contributed by atoms with Gasteiger partial charge in [-0.05, 0) is 76.8 Å².